The number of hydrogen-bond donors (Lipinski definition) is 3. The third-order valence-corrected chi connectivity index (χ3v) is 6.07. The molecule has 3 aromatic carbocycles. The molecule has 0 radical (unpaired) electrons. The van der Waals surface area contributed by atoms with Gasteiger partial charge in [-0.3, -0.25) is 14.4 Å². The van der Waals surface area contributed by atoms with Crippen molar-refractivity contribution in [3.63, 3.8) is 0 Å². The lowest BCUT2D eigenvalue weighted by atomic mass is 10.1. The van der Waals surface area contributed by atoms with Gasteiger partial charge in [-0.2, -0.15) is 0 Å². The first-order valence-electron chi connectivity index (χ1n) is 10.7. The molecule has 3 amide bonds. The Bertz CT molecular complexity index is 1180. The maximum Gasteiger partial charge on any atom is 0.252 e. The molecule has 0 aliphatic rings. The highest BCUT2D eigenvalue weighted by molar-refractivity contribution is 8.00. The van der Waals surface area contributed by atoms with E-state index >= 15 is 0 Å². The number of anilines is 2. The Balaban J connectivity index is 1.56. The van der Waals surface area contributed by atoms with Crippen LogP contribution >= 0.6 is 11.8 Å². The normalized spacial score (nSPS) is 10.3. The van der Waals surface area contributed by atoms with Crippen LogP contribution in [-0.2, 0) is 9.59 Å². The second-order valence-corrected chi connectivity index (χ2v) is 8.58. The average Bonchev–Trinajstić information content (AvgIpc) is 2.84. The summed E-state index contributed by atoms with van der Waals surface area (Å²) in [6, 6.07) is 19.8. The molecule has 0 aromatic heterocycles. The topological polar surface area (TPSA) is 96.5 Å². The second-order valence-electron chi connectivity index (χ2n) is 7.56. The van der Waals surface area contributed by atoms with E-state index in [4.69, 9.17) is 4.74 Å². The first-order chi connectivity index (χ1) is 16.4. The minimum absolute atomic E-state index is 0.120. The molecule has 176 valence electrons. The SMILES string of the molecule is COc1cccc(NC(=O)CSc2ccccc2C(=O)NCC(=O)Nc2c(C)cccc2C)c1. The fourth-order valence-corrected chi connectivity index (χ4v) is 4.12. The van der Waals surface area contributed by atoms with Crippen molar-refractivity contribution >= 4 is 40.9 Å². The van der Waals surface area contributed by atoms with Crippen LogP contribution in [-0.4, -0.2) is 37.1 Å². The molecule has 3 rings (SSSR count). The zero-order chi connectivity index (χ0) is 24.5. The van der Waals surface area contributed by atoms with E-state index in [1.165, 1.54) is 11.8 Å². The fraction of sp³-hybridized carbons (Fsp3) is 0.192. The monoisotopic (exact) mass is 477 g/mol. The van der Waals surface area contributed by atoms with E-state index in [1.807, 2.05) is 32.0 Å². The summed E-state index contributed by atoms with van der Waals surface area (Å²) in [6.07, 6.45) is 0. The van der Waals surface area contributed by atoms with Gasteiger partial charge in [0.15, 0.2) is 0 Å². The van der Waals surface area contributed by atoms with Crippen molar-refractivity contribution in [2.24, 2.45) is 0 Å². The molecule has 7 nitrogen and oxygen atoms in total. The van der Waals surface area contributed by atoms with Crippen LogP contribution in [0.25, 0.3) is 0 Å². The number of benzene rings is 3. The van der Waals surface area contributed by atoms with Gasteiger partial charge in [0.25, 0.3) is 5.91 Å². The minimum atomic E-state index is -0.382. The number of rotatable bonds is 9. The summed E-state index contributed by atoms with van der Waals surface area (Å²) < 4.78 is 5.16. The number of carbonyl (C=O) groups excluding carboxylic acids is 3. The van der Waals surface area contributed by atoms with Crippen LogP contribution in [0.1, 0.15) is 21.5 Å². The molecule has 0 saturated carbocycles. The fourth-order valence-electron chi connectivity index (χ4n) is 3.27. The summed E-state index contributed by atoms with van der Waals surface area (Å²) in [5.41, 5.74) is 3.69. The molecule has 34 heavy (non-hydrogen) atoms. The Morgan fingerprint density at radius 3 is 2.29 bits per heavy atom. The van der Waals surface area contributed by atoms with Crippen molar-refractivity contribution in [1.82, 2.24) is 5.32 Å². The zero-order valence-corrected chi connectivity index (χ0v) is 20.1. The molecule has 0 heterocycles. The largest absolute Gasteiger partial charge is 0.497 e. The molecule has 3 aromatic rings. The predicted molar refractivity (Wildman–Crippen MR) is 136 cm³/mol. The van der Waals surface area contributed by atoms with Gasteiger partial charge in [0, 0.05) is 22.3 Å². The number of aryl methyl sites for hydroxylation is 2. The van der Waals surface area contributed by atoms with Gasteiger partial charge in [-0.05, 0) is 49.2 Å². The number of thioether (sulfide) groups is 1. The van der Waals surface area contributed by atoms with E-state index in [-0.39, 0.29) is 30.0 Å². The molecule has 0 saturated heterocycles. The Kier molecular flexibility index (Phi) is 8.70. The third kappa shape index (κ3) is 6.86. The molecule has 3 N–H and O–H groups in total. The van der Waals surface area contributed by atoms with Gasteiger partial charge >= 0.3 is 0 Å². The van der Waals surface area contributed by atoms with Crippen LogP contribution in [0, 0.1) is 13.8 Å². The standard InChI is InChI=1S/C26H27N3O4S/c1-17-8-6-9-18(2)25(17)29-23(30)15-27-26(32)21-12-4-5-13-22(21)34-16-24(31)28-19-10-7-11-20(14-19)33-3/h4-14H,15-16H2,1-3H3,(H,27,32)(H,28,31)(H,29,30). The van der Waals surface area contributed by atoms with Crippen LogP contribution in [0.3, 0.4) is 0 Å². The molecule has 0 bridgehead atoms. The summed E-state index contributed by atoms with van der Waals surface area (Å²) in [7, 11) is 1.56. The van der Waals surface area contributed by atoms with E-state index < -0.39 is 0 Å². The lowest BCUT2D eigenvalue weighted by molar-refractivity contribution is -0.115. The quantitative estimate of drug-likeness (QED) is 0.397. The summed E-state index contributed by atoms with van der Waals surface area (Å²) in [6.45, 7) is 3.67. The molecular weight excluding hydrogens is 450 g/mol. The molecule has 0 fully saturated rings. The number of methoxy groups -OCH3 is 1. The molecule has 0 unspecified atom stereocenters. The van der Waals surface area contributed by atoms with Crippen LogP contribution < -0.4 is 20.7 Å². The Morgan fingerprint density at radius 2 is 1.56 bits per heavy atom. The minimum Gasteiger partial charge on any atom is -0.497 e. The predicted octanol–water partition coefficient (Wildman–Crippen LogP) is 4.41. The maximum absolute atomic E-state index is 12.7. The highest BCUT2D eigenvalue weighted by Crippen LogP contribution is 2.24. The zero-order valence-electron chi connectivity index (χ0n) is 19.3. The summed E-state index contributed by atoms with van der Waals surface area (Å²) in [5, 5.41) is 8.32. The van der Waals surface area contributed by atoms with E-state index in [2.05, 4.69) is 16.0 Å². The molecule has 0 atom stereocenters. The highest BCUT2D eigenvalue weighted by atomic mass is 32.2. The van der Waals surface area contributed by atoms with Crippen LogP contribution in [0.4, 0.5) is 11.4 Å². The van der Waals surface area contributed by atoms with Crippen LogP contribution in [0.2, 0.25) is 0 Å². The number of carbonyl (C=O) groups is 3. The number of para-hydroxylation sites is 1. The Hall–Kier alpha value is -3.78. The van der Waals surface area contributed by atoms with Gasteiger partial charge in [-0.25, -0.2) is 0 Å². The number of hydrogen-bond acceptors (Lipinski definition) is 5. The smallest absolute Gasteiger partial charge is 0.252 e. The van der Waals surface area contributed by atoms with Crippen molar-refractivity contribution in [3.05, 3.63) is 83.4 Å². The van der Waals surface area contributed by atoms with E-state index in [1.54, 1.807) is 55.6 Å². The van der Waals surface area contributed by atoms with Crippen molar-refractivity contribution in [2.75, 3.05) is 30.0 Å². The van der Waals surface area contributed by atoms with Gasteiger partial charge in [0.2, 0.25) is 11.8 Å². The summed E-state index contributed by atoms with van der Waals surface area (Å²) in [4.78, 5) is 38.2. The van der Waals surface area contributed by atoms with Crippen molar-refractivity contribution in [2.45, 2.75) is 18.7 Å². The van der Waals surface area contributed by atoms with Crippen LogP contribution in [0.15, 0.2) is 71.6 Å². The maximum atomic E-state index is 12.7. The number of amides is 3. The lowest BCUT2D eigenvalue weighted by Crippen LogP contribution is -2.33. The van der Waals surface area contributed by atoms with E-state index in [0.29, 0.717) is 21.9 Å². The first-order valence-corrected chi connectivity index (χ1v) is 11.7. The molecule has 0 spiro atoms. The second kappa shape index (κ2) is 11.9. The molecule has 0 aliphatic heterocycles. The Labute approximate surface area is 203 Å². The Morgan fingerprint density at radius 1 is 0.853 bits per heavy atom. The van der Waals surface area contributed by atoms with Gasteiger partial charge < -0.3 is 20.7 Å². The summed E-state index contributed by atoms with van der Waals surface area (Å²) in [5.74, 6) is -0.133. The summed E-state index contributed by atoms with van der Waals surface area (Å²) >= 11 is 1.25. The first kappa shape index (κ1) is 24.9. The van der Waals surface area contributed by atoms with Crippen LogP contribution in [0.5, 0.6) is 5.75 Å². The highest BCUT2D eigenvalue weighted by Gasteiger charge is 2.15. The van der Waals surface area contributed by atoms with Crippen molar-refractivity contribution < 1.29 is 19.1 Å². The van der Waals surface area contributed by atoms with E-state index in [9.17, 15) is 14.4 Å². The number of nitrogens with one attached hydrogen (secondary N) is 3. The third-order valence-electron chi connectivity index (χ3n) is 5.00. The number of ether oxygens (including phenoxy) is 1. The van der Waals surface area contributed by atoms with Crippen molar-refractivity contribution in [1.29, 1.82) is 0 Å². The van der Waals surface area contributed by atoms with Gasteiger partial charge in [-0.15, -0.1) is 11.8 Å². The van der Waals surface area contributed by atoms with Gasteiger partial charge in [-0.1, -0.05) is 36.4 Å². The lowest BCUT2D eigenvalue weighted by Gasteiger charge is -2.13. The van der Waals surface area contributed by atoms with Gasteiger partial charge in [0.1, 0.15) is 5.75 Å². The van der Waals surface area contributed by atoms with Gasteiger partial charge in [0.05, 0.1) is 25.0 Å². The van der Waals surface area contributed by atoms with Crippen molar-refractivity contribution in [3.8, 4) is 5.75 Å². The molecule has 8 heteroatoms. The molecule has 0 aliphatic carbocycles. The van der Waals surface area contributed by atoms with E-state index in [0.717, 1.165) is 16.8 Å². The molecular formula is C26H27N3O4S. The average molecular weight is 478 g/mol.